The molecule has 1 fully saturated rings. The SMILES string of the molecule is CC1CC(N)CCN1CCCOCC(F)(F)F. The lowest BCUT2D eigenvalue weighted by molar-refractivity contribution is -0.174. The molecule has 0 aromatic rings. The van der Waals surface area contributed by atoms with E-state index in [1.807, 2.05) is 0 Å². The van der Waals surface area contributed by atoms with Crippen molar-refractivity contribution in [2.24, 2.45) is 5.73 Å². The molecule has 0 aromatic heterocycles. The number of likely N-dealkylation sites (tertiary alicyclic amines) is 1. The topological polar surface area (TPSA) is 38.5 Å². The van der Waals surface area contributed by atoms with Crippen molar-refractivity contribution >= 4 is 0 Å². The van der Waals surface area contributed by atoms with Gasteiger partial charge in [-0.05, 0) is 32.7 Å². The number of rotatable bonds is 5. The van der Waals surface area contributed by atoms with E-state index in [1.54, 1.807) is 0 Å². The number of ether oxygens (including phenoxy) is 1. The average Bonchev–Trinajstić information content (AvgIpc) is 2.18. The number of hydrogen-bond acceptors (Lipinski definition) is 3. The average molecular weight is 254 g/mol. The Labute approximate surface area is 100 Å². The Morgan fingerprint density at radius 3 is 2.71 bits per heavy atom. The van der Waals surface area contributed by atoms with Gasteiger partial charge in [0, 0.05) is 25.2 Å². The fourth-order valence-corrected chi connectivity index (χ4v) is 2.15. The molecule has 0 bridgehead atoms. The normalized spacial score (nSPS) is 27.4. The van der Waals surface area contributed by atoms with Crippen LogP contribution < -0.4 is 5.73 Å². The highest BCUT2D eigenvalue weighted by Gasteiger charge is 2.27. The Morgan fingerprint density at radius 2 is 2.12 bits per heavy atom. The largest absolute Gasteiger partial charge is 0.411 e. The zero-order chi connectivity index (χ0) is 12.9. The molecular formula is C11H21F3N2O. The lowest BCUT2D eigenvalue weighted by atomic mass is 9.99. The molecule has 0 spiro atoms. The molecule has 1 heterocycles. The summed E-state index contributed by atoms with van der Waals surface area (Å²) in [6, 6.07) is 0.684. The Hall–Kier alpha value is -0.330. The van der Waals surface area contributed by atoms with Gasteiger partial charge < -0.3 is 15.4 Å². The van der Waals surface area contributed by atoms with Crippen molar-refractivity contribution in [3.8, 4) is 0 Å². The molecular weight excluding hydrogens is 233 g/mol. The van der Waals surface area contributed by atoms with Crippen LogP contribution in [0.1, 0.15) is 26.2 Å². The molecule has 0 aliphatic carbocycles. The summed E-state index contributed by atoms with van der Waals surface area (Å²) < 4.78 is 39.9. The lowest BCUT2D eigenvalue weighted by Gasteiger charge is -2.36. The predicted molar refractivity (Wildman–Crippen MR) is 59.7 cm³/mol. The van der Waals surface area contributed by atoms with Gasteiger partial charge in [-0.15, -0.1) is 0 Å². The predicted octanol–water partition coefficient (Wildman–Crippen LogP) is 1.77. The molecule has 17 heavy (non-hydrogen) atoms. The maximum absolute atomic E-state index is 11.8. The number of nitrogens with two attached hydrogens (primary N) is 1. The highest BCUT2D eigenvalue weighted by atomic mass is 19.4. The second-order valence-electron chi connectivity index (χ2n) is 4.69. The number of halogens is 3. The van der Waals surface area contributed by atoms with Gasteiger partial charge in [-0.1, -0.05) is 0 Å². The molecule has 1 rings (SSSR count). The minimum atomic E-state index is -4.22. The minimum Gasteiger partial charge on any atom is -0.372 e. The molecule has 6 heteroatoms. The summed E-state index contributed by atoms with van der Waals surface area (Å²) >= 11 is 0. The van der Waals surface area contributed by atoms with Gasteiger partial charge in [-0.3, -0.25) is 0 Å². The van der Waals surface area contributed by atoms with Crippen LogP contribution in [0.4, 0.5) is 13.2 Å². The summed E-state index contributed by atoms with van der Waals surface area (Å²) in [5, 5.41) is 0. The summed E-state index contributed by atoms with van der Waals surface area (Å²) in [5.41, 5.74) is 5.84. The quantitative estimate of drug-likeness (QED) is 0.760. The van der Waals surface area contributed by atoms with E-state index in [9.17, 15) is 13.2 Å². The van der Waals surface area contributed by atoms with Gasteiger partial charge in [0.2, 0.25) is 0 Å². The van der Waals surface area contributed by atoms with Crippen molar-refractivity contribution < 1.29 is 17.9 Å². The monoisotopic (exact) mass is 254 g/mol. The number of alkyl halides is 3. The molecule has 2 N–H and O–H groups in total. The molecule has 3 nitrogen and oxygen atoms in total. The second kappa shape index (κ2) is 6.56. The van der Waals surface area contributed by atoms with Crippen LogP contribution in [-0.2, 0) is 4.74 Å². The lowest BCUT2D eigenvalue weighted by Crippen LogP contribution is -2.45. The van der Waals surface area contributed by atoms with Crippen molar-refractivity contribution in [3.63, 3.8) is 0 Å². The third-order valence-electron chi connectivity index (χ3n) is 3.05. The van der Waals surface area contributed by atoms with E-state index in [0.29, 0.717) is 12.5 Å². The van der Waals surface area contributed by atoms with Gasteiger partial charge in [0.1, 0.15) is 6.61 Å². The zero-order valence-electron chi connectivity index (χ0n) is 10.2. The van der Waals surface area contributed by atoms with Gasteiger partial charge >= 0.3 is 6.18 Å². The van der Waals surface area contributed by atoms with Crippen molar-refractivity contribution in [2.75, 3.05) is 26.3 Å². The molecule has 1 aliphatic rings. The first-order chi connectivity index (χ1) is 7.88. The Kier molecular flexibility index (Phi) is 5.69. The minimum absolute atomic E-state index is 0.161. The molecule has 0 aromatic carbocycles. The summed E-state index contributed by atoms with van der Waals surface area (Å²) in [7, 11) is 0. The zero-order valence-corrected chi connectivity index (χ0v) is 10.2. The molecule has 0 radical (unpaired) electrons. The molecule has 0 amide bonds. The van der Waals surface area contributed by atoms with Crippen LogP contribution in [0.25, 0.3) is 0 Å². The summed E-state index contributed by atoms with van der Waals surface area (Å²) in [6.45, 7) is 2.84. The third kappa shape index (κ3) is 6.24. The summed E-state index contributed by atoms with van der Waals surface area (Å²) in [6.07, 6.45) is -1.65. The van der Waals surface area contributed by atoms with Gasteiger partial charge in [0.25, 0.3) is 0 Å². The van der Waals surface area contributed by atoms with E-state index >= 15 is 0 Å². The van der Waals surface area contributed by atoms with Crippen LogP contribution in [0, 0.1) is 0 Å². The molecule has 2 unspecified atom stereocenters. The van der Waals surface area contributed by atoms with E-state index in [2.05, 4.69) is 16.6 Å². The van der Waals surface area contributed by atoms with E-state index in [-0.39, 0.29) is 12.6 Å². The molecule has 1 aliphatic heterocycles. The first-order valence-electron chi connectivity index (χ1n) is 6.02. The van der Waals surface area contributed by atoms with Crippen molar-refractivity contribution in [1.82, 2.24) is 4.90 Å². The summed E-state index contributed by atoms with van der Waals surface area (Å²) in [4.78, 5) is 2.26. The number of nitrogens with zero attached hydrogens (tertiary/aromatic N) is 1. The fourth-order valence-electron chi connectivity index (χ4n) is 2.15. The smallest absolute Gasteiger partial charge is 0.372 e. The van der Waals surface area contributed by atoms with Crippen LogP contribution in [0.2, 0.25) is 0 Å². The second-order valence-corrected chi connectivity index (χ2v) is 4.69. The molecule has 2 atom stereocenters. The number of piperidine rings is 1. The van der Waals surface area contributed by atoms with E-state index in [1.165, 1.54) is 0 Å². The van der Waals surface area contributed by atoms with Crippen LogP contribution in [0.5, 0.6) is 0 Å². The maximum Gasteiger partial charge on any atom is 0.411 e. The highest BCUT2D eigenvalue weighted by molar-refractivity contribution is 4.80. The Balaban J connectivity index is 2.06. The third-order valence-corrected chi connectivity index (χ3v) is 3.05. The van der Waals surface area contributed by atoms with Crippen molar-refractivity contribution in [1.29, 1.82) is 0 Å². The van der Waals surface area contributed by atoms with Crippen molar-refractivity contribution in [2.45, 2.75) is 44.4 Å². The molecule has 102 valence electrons. The van der Waals surface area contributed by atoms with Crippen LogP contribution in [-0.4, -0.2) is 49.5 Å². The van der Waals surface area contributed by atoms with Crippen molar-refractivity contribution in [3.05, 3.63) is 0 Å². The fraction of sp³-hybridized carbons (Fsp3) is 1.00. The number of hydrogen-bond donors (Lipinski definition) is 1. The summed E-state index contributed by atoms with van der Waals surface area (Å²) in [5.74, 6) is 0. The first kappa shape index (κ1) is 14.7. The van der Waals surface area contributed by atoms with Crippen LogP contribution in [0.3, 0.4) is 0 Å². The van der Waals surface area contributed by atoms with Gasteiger partial charge in [-0.25, -0.2) is 0 Å². The van der Waals surface area contributed by atoms with Gasteiger partial charge in [-0.2, -0.15) is 13.2 Å². The van der Waals surface area contributed by atoms with Gasteiger partial charge in [0.05, 0.1) is 0 Å². The van der Waals surface area contributed by atoms with Crippen LogP contribution in [0.15, 0.2) is 0 Å². The molecule has 1 saturated heterocycles. The molecule has 0 saturated carbocycles. The highest BCUT2D eigenvalue weighted by Crippen LogP contribution is 2.17. The van der Waals surface area contributed by atoms with Crippen LogP contribution >= 0.6 is 0 Å². The van der Waals surface area contributed by atoms with E-state index in [0.717, 1.165) is 25.9 Å². The van der Waals surface area contributed by atoms with E-state index in [4.69, 9.17) is 5.73 Å². The van der Waals surface area contributed by atoms with Gasteiger partial charge in [0.15, 0.2) is 0 Å². The van der Waals surface area contributed by atoms with E-state index < -0.39 is 12.8 Å². The maximum atomic E-state index is 11.8. The standard InChI is InChI=1S/C11H21F3N2O/c1-9-7-10(15)3-5-16(9)4-2-6-17-8-11(12,13)14/h9-10H,2-8,15H2,1H3. The Morgan fingerprint density at radius 1 is 1.41 bits per heavy atom. The first-order valence-corrected chi connectivity index (χ1v) is 6.02. The Bertz CT molecular complexity index is 223.